The molecule has 4 saturated carbocycles. The van der Waals surface area contributed by atoms with Gasteiger partial charge in [-0.3, -0.25) is 0 Å². The van der Waals surface area contributed by atoms with Crippen molar-refractivity contribution in [2.75, 3.05) is 13.7 Å². The molecule has 1 aromatic rings. The third-order valence-corrected chi connectivity index (χ3v) is 8.63. The molecule has 0 radical (unpaired) electrons. The minimum absolute atomic E-state index is 0.317. The second kappa shape index (κ2) is 6.92. The Kier molecular flexibility index (Phi) is 4.91. The van der Waals surface area contributed by atoms with Crippen LogP contribution in [0.2, 0.25) is 0 Å². The fourth-order valence-corrected chi connectivity index (χ4v) is 7.17. The van der Waals surface area contributed by atoms with E-state index in [9.17, 15) is 8.42 Å². The first-order valence-electron chi connectivity index (χ1n) is 10.1. The molecule has 26 heavy (non-hydrogen) atoms. The van der Waals surface area contributed by atoms with E-state index < -0.39 is 10.0 Å². The zero-order chi connectivity index (χ0) is 18.4. The zero-order valence-electron chi connectivity index (χ0n) is 15.9. The molecule has 4 aliphatic rings. The number of methoxy groups -OCH3 is 1. The molecule has 4 bridgehead atoms. The first kappa shape index (κ1) is 18.5. The molecular formula is C21H31NO3S. The minimum Gasteiger partial charge on any atom is -0.376 e. The quantitative estimate of drug-likeness (QED) is 0.787. The Balaban J connectivity index is 1.49. The first-order chi connectivity index (χ1) is 12.5. The Morgan fingerprint density at radius 3 is 2.12 bits per heavy atom. The lowest BCUT2D eigenvalue weighted by Crippen LogP contribution is -2.63. The predicted molar refractivity (Wildman–Crippen MR) is 102 cm³/mol. The van der Waals surface area contributed by atoms with Crippen molar-refractivity contribution in [1.82, 2.24) is 4.72 Å². The molecule has 0 saturated heterocycles. The van der Waals surface area contributed by atoms with E-state index in [4.69, 9.17) is 4.74 Å². The normalized spacial score (nSPS) is 35.8. The van der Waals surface area contributed by atoms with E-state index in [0.29, 0.717) is 23.3 Å². The second-order valence-corrected chi connectivity index (χ2v) is 10.4. The Labute approximate surface area is 157 Å². The van der Waals surface area contributed by atoms with Crippen molar-refractivity contribution in [2.24, 2.45) is 23.7 Å². The van der Waals surface area contributed by atoms with Gasteiger partial charge in [-0.05, 0) is 79.9 Å². The van der Waals surface area contributed by atoms with Crippen LogP contribution in [0.25, 0.3) is 0 Å². The zero-order valence-corrected chi connectivity index (χ0v) is 16.7. The number of nitrogens with one attached hydrogen (secondary N) is 1. The van der Waals surface area contributed by atoms with Gasteiger partial charge in [0.15, 0.2) is 0 Å². The summed E-state index contributed by atoms with van der Waals surface area (Å²) in [5, 5.41) is 0. The van der Waals surface area contributed by atoms with Crippen LogP contribution in [0.4, 0.5) is 0 Å². The number of benzene rings is 1. The number of ether oxygens (including phenoxy) is 1. The van der Waals surface area contributed by atoms with Crippen molar-refractivity contribution in [3.05, 3.63) is 29.8 Å². The summed E-state index contributed by atoms with van der Waals surface area (Å²) in [4.78, 5) is 0.354. The minimum atomic E-state index is -3.50. The molecule has 1 N–H and O–H groups in total. The van der Waals surface area contributed by atoms with Gasteiger partial charge in [0.2, 0.25) is 10.0 Å². The fourth-order valence-electron chi connectivity index (χ4n) is 6.09. The first-order valence-corrected chi connectivity index (χ1v) is 11.6. The van der Waals surface area contributed by atoms with Crippen LogP contribution in [-0.2, 0) is 21.2 Å². The molecule has 0 aromatic heterocycles. The van der Waals surface area contributed by atoms with Crippen LogP contribution in [0.5, 0.6) is 0 Å². The molecule has 5 rings (SSSR count). The highest BCUT2D eigenvalue weighted by Gasteiger charge is 2.57. The van der Waals surface area contributed by atoms with Crippen molar-refractivity contribution in [3.63, 3.8) is 0 Å². The molecule has 1 aromatic carbocycles. The lowest BCUT2D eigenvalue weighted by Gasteiger charge is -2.60. The standard InChI is InChI=1S/C21H31NO3S/c1-3-4-15-5-7-20(8-6-15)26(23,24)22-14-21(25-2)18-10-16-9-17(12-18)13-19(21)11-16/h5-8,16-19,22H,3-4,9-14H2,1-2H3. The van der Waals surface area contributed by atoms with Gasteiger partial charge in [-0.1, -0.05) is 25.5 Å². The van der Waals surface area contributed by atoms with Crippen molar-refractivity contribution in [3.8, 4) is 0 Å². The SMILES string of the molecule is CCCc1ccc(S(=O)(=O)NCC2(OC)C3CC4CC(C3)CC2C4)cc1. The van der Waals surface area contributed by atoms with Gasteiger partial charge in [0.1, 0.15) is 0 Å². The van der Waals surface area contributed by atoms with Crippen molar-refractivity contribution in [2.45, 2.75) is 62.4 Å². The third-order valence-electron chi connectivity index (χ3n) is 7.21. The van der Waals surface area contributed by atoms with E-state index in [-0.39, 0.29) is 5.60 Å². The molecule has 144 valence electrons. The molecule has 0 heterocycles. The lowest BCUT2D eigenvalue weighted by molar-refractivity contribution is -0.185. The maximum atomic E-state index is 12.8. The van der Waals surface area contributed by atoms with Gasteiger partial charge >= 0.3 is 0 Å². The Hall–Kier alpha value is -0.910. The highest BCUT2D eigenvalue weighted by Crippen LogP contribution is 2.59. The number of aryl methyl sites for hydroxylation is 1. The summed E-state index contributed by atoms with van der Waals surface area (Å²) < 4.78 is 34.6. The largest absolute Gasteiger partial charge is 0.376 e. The molecule has 4 nitrogen and oxygen atoms in total. The maximum absolute atomic E-state index is 12.8. The van der Waals surface area contributed by atoms with Gasteiger partial charge in [-0.25, -0.2) is 13.1 Å². The highest BCUT2D eigenvalue weighted by atomic mass is 32.2. The Morgan fingerprint density at radius 2 is 1.62 bits per heavy atom. The molecule has 4 fully saturated rings. The summed E-state index contributed by atoms with van der Waals surface area (Å²) in [6.07, 6.45) is 8.23. The van der Waals surface area contributed by atoms with E-state index in [1.54, 1.807) is 19.2 Å². The number of sulfonamides is 1. The van der Waals surface area contributed by atoms with Crippen LogP contribution in [-0.4, -0.2) is 27.7 Å². The molecule has 0 aliphatic heterocycles. The summed E-state index contributed by atoms with van der Waals surface area (Å²) >= 11 is 0. The molecule has 0 atom stereocenters. The van der Waals surface area contributed by atoms with Crippen LogP contribution in [0.1, 0.15) is 51.0 Å². The smallest absolute Gasteiger partial charge is 0.240 e. The van der Waals surface area contributed by atoms with Crippen LogP contribution >= 0.6 is 0 Å². The maximum Gasteiger partial charge on any atom is 0.240 e. The number of rotatable bonds is 7. The summed E-state index contributed by atoms with van der Waals surface area (Å²) in [5.74, 6) is 2.67. The predicted octanol–water partition coefficient (Wildman–Crippen LogP) is 3.76. The summed E-state index contributed by atoms with van der Waals surface area (Å²) in [6.45, 7) is 2.53. The topological polar surface area (TPSA) is 55.4 Å². The van der Waals surface area contributed by atoms with Crippen LogP contribution < -0.4 is 4.72 Å². The number of hydrogen-bond acceptors (Lipinski definition) is 3. The van der Waals surface area contributed by atoms with Crippen LogP contribution in [0, 0.1) is 23.7 Å². The lowest BCUT2D eigenvalue weighted by atomic mass is 9.50. The molecule has 5 heteroatoms. The van der Waals surface area contributed by atoms with Gasteiger partial charge < -0.3 is 4.74 Å². The molecule has 4 aliphatic carbocycles. The highest BCUT2D eigenvalue weighted by molar-refractivity contribution is 7.89. The van der Waals surface area contributed by atoms with Crippen molar-refractivity contribution in [1.29, 1.82) is 0 Å². The van der Waals surface area contributed by atoms with Crippen molar-refractivity contribution >= 4 is 10.0 Å². The average molecular weight is 378 g/mol. The van der Waals surface area contributed by atoms with E-state index >= 15 is 0 Å². The van der Waals surface area contributed by atoms with Crippen molar-refractivity contribution < 1.29 is 13.2 Å². The second-order valence-electron chi connectivity index (χ2n) is 8.68. The van der Waals surface area contributed by atoms with E-state index in [0.717, 1.165) is 24.7 Å². The molecular weight excluding hydrogens is 346 g/mol. The van der Waals surface area contributed by atoms with Gasteiger partial charge in [-0.2, -0.15) is 0 Å². The number of hydrogen-bond donors (Lipinski definition) is 1. The van der Waals surface area contributed by atoms with E-state index in [2.05, 4.69) is 11.6 Å². The van der Waals surface area contributed by atoms with Gasteiger partial charge in [-0.15, -0.1) is 0 Å². The molecule has 0 spiro atoms. The van der Waals surface area contributed by atoms with Crippen LogP contribution in [0.3, 0.4) is 0 Å². The Bertz CT molecular complexity index is 713. The molecule has 0 unspecified atom stereocenters. The third kappa shape index (κ3) is 3.12. The van der Waals surface area contributed by atoms with Gasteiger partial charge in [0.05, 0.1) is 10.5 Å². The van der Waals surface area contributed by atoms with E-state index in [1.165, 1.54) is 37.7 Å². The van der Waals surface area contributed by atoms with E-state index in [1.807, 2.05) is 12.1 Å². The van der Waals surface area contributed by atoms with Gasteiger partial charge in [0.25, 0.3) is 0 Å². The summed E-state index contributed by atoms with van der Waals surface area (Å²) in [5.41, 5.74) is 0.865. The van der Waals surface area contributed by atoms with Crippen LogP contribution in [0.15, 0.2) is 29.2 Å². The van der Waals surface area contributed by atoms with Gasteiger partial charge in [0, 0.05) is 13.7 Å². The summed E-state index contributed by atoms with van der Waals surface area (Å²) in [7, 11) is -1.73. The Morgan fingerprint density at radius 1 is 1.04 bits per heavy atom. The summed E-state index contributed by atoms with van der Waals surface area (Å²) in [6, 6.07) is 7.30. The monoisotopic (exact) mass is 377 g/mol. The average Bonchev–Trinajstić information content (AvgIpc) is 2.62. The fraction of sp³-hybridized carbons (Fsp3) is 0.714. The molecule has 0 amide bonds.